The van der Waals surface area contributed by atoms with Crippen molar-refractivity contribution in [3.05, 3.63) is 35.1 Å². The molecular weight excluding hydrogens is 145 g/mol. The minimum atomic E-state index is -0.624. The van der Waals surface area contributed by atoms with Gasteiger partial charge in [0.1, 0.15) is 18.5 Å². The van der Waals surface area contributed by atoms with Crippen LogP contribution in [0.3, 0.4) is 0 Å². The van der Waals surface area contributed by atoms with Crippen molar-refractivity contribution in [2.75, 3.05) is 0 Å². The SMILES string of the molecule is N#Cc1ccc(C[O])cc1F. The number of halogens is 1. The molecule has 0 atom stereocenters. The largest absolute Gasteiger partial charge is 0.232 e. The maximum absolute atomic E-state index is 12.7. The Hall–Kier alpha value is -1.40. The van der Waals surface area contributed by atoms with Crippen molar-refractivity contribution in [2.45, 2.75) is 6.61 Å². The van der Waals surface area contributed by atoms with E-state index in [-0.39, 0.29) is 5.56 Å². The molecule has 0 bridgehead atoms. The summed E-state index contributed by atoms with van der Waals surface area (Å²) in [6.07, 6.45) is 0. The molecule has 0 heterocycles. The van der Waals surface area contributed by atoms with E-state index >= 15 is 0 Å². The van der Waals surface area contributed by atoms with Gasteiger partial charge in [0, 0.05) is 0 Å². The first-order valence-electron chi connectivity index (χ1n) is 3.04. The first-order chi connectivity index (χ1) is 5.27. The second-order valence-corrected chi connectivity index (χ2v) is 2.07. The Kier molecular flexibility index (Phi) is 2.19. The summed E-state index contributed by atoms with van der Waals surface area (Å²) in [5.74, 6) is -0.624. The van der Waals surface area contributed by atoms with E-state index in [1.807, 2.05) is 0 Å². The van der Waals surface area contributed by atoms with Gasteiger partial charge in [-0.2, -0.15) is 5.26 Å². The lowest BCUT2D eigenvalue weighted by Crippen LogP contribution is -1.87. The van der Waals surface area contributed by atoms with Crippen LogP contribution >= 0.6 is 0 Å². The summed E-state index contributed by atoms with van der Waals surface area (Å²) in [6, 6.07) is 5.52. The fraction of sp³-hybridized carbons (Fsp3) is 0.125. The van der Waals surface area contributed by atoms with Gasteiger partial charge < -0.3 is 0 Å². The topological polar surface area (TPSA) is 43.7 Å². The number of nitriles is 1. The van der Waals surface area contributed by atoms with E-state index in [4.69, 9.17) is 5.26 Å². The Morgan fingerprint density at radius 3 is 2.73 bits per heavy atom. The quantitative estimate of drug-likeness (QED) is 0.599. The molecule has 1 rings (SSSR count). The Balaban J connectivity index is 3.12. The normalized spacial score (nSPS) is 9.18. The fourth-order valence-corrected chi connectivity index (χ4v) is 0.739. The van der Waals surface area contributed by atoms with Crippen LogP contribution in [0.2, 0.25) is 0 Å². The Morgan fingerprint density at radius 2 is 2.27 bits per heavy atom. The van der Waals surface area contributed by atoms with Gasteiger partial charge in [0.05, 0.1) is 5.56 Å². The molecule has 1 radical (unpaired) electrons. The first-order valence-corrected chi connectivity index (χ1v) is 3.04. The second-order valence-electron chi connectivity index (χ2n) is 2.07. The van der Waals surface area contributed by atoms with E-state index in [0.29, 0.717) is 5.56 Å². The lowest BCUT2D eigenvalue weighted by atomic mass is 10.1. The summed E-state index contributed by atoms with van der Waals surface area (Å²) in [6.45, 7) is -0.456. The maximum atomic E-state index is 12.7. The molecule has 0 spiro atoms. The van der Waals surface area contributed by atoms with Crippen LogP contribution in [0.4, 0.5) is 4.39 Å². The van der Waals surface area contributed by atoms with Crippen LogP contribution in [0.15, 0.2) is 18.2 Å². The molecule has 0 unspecified atom stereocenters. The zero-order valence-electron chi connectivity index (χ0n) is 5.67. The molecule has 55 valence electrons. The minimum Gasteiger partial charge on any atom is -0.232 e. The second kappa shape index (κ2) is 3.13. The van der Waals surface area contributed by atoms with Crippen molar-refractivity contribution in [1.29, 1.82) is 5.26 Å². The molecule has 0 aliphatic heterocycles. The summed E-state index contributed by atoms with van der Waals surface area (Å²) in [5.41, 5.74) is 0.337. The zero-order chi connectivity index (χ0) is 8.27. The summed E-state index contributed by atoms with van der Waals surface area (Å²) < 4.78 is 12.7. The van der Waals surface area contributed by atoms with E-state index in [9.17, 15) is 9.50 Å². The van der Waals surface area contributed by atoms with Crippen molar-refractivity contribution in [2.24, 2.45) is 0 Å². The lowest BCUT2D eigenvalue weighted by Gasteiger charge is -1.95. The molecular formula is C8H5FNO. The van der Waals surface area contributed by atoms with Gasteiger partial charge in [-0.05, 0) is 17.7 Å². The van der Waals surface area contributed by atoms with Crippen LogP contribution in [0, 0.1) is 17.1 Å². The third-order valence-electron chi connectivity index (χ3n) is 1.32. The molecule has 2 nitrogen and oxygen atoms in total. The smallest absolute Gasteiger partial charge is 0.141 e. The van der Waals surface area contributed by atoms with Gasteiger partial charge in [-0.3, -0.25) is 0 Å². The third-order valence-corrected chi connectivity index (χ3v) is 1.32. The van der Waals surface area contributed by atoms with E-state index in [0.717, 1.165) is 6.07 Å². The highest BCUT2D eigenvalue weighted by Crippen LogP contribution is 2.08. The van der Waals surface area contributed by atoms with Crippen LogP contribution in [0.25, 0.3) is 0 Å². The molecule has 0 amide bonds. The average molecular weight is 150 g/mol. The van der Waals surface area contributed by atoms with Crippen molar-refractivity contribution in [3.63, 3.8) is 0 Å². The summed E-state index contributed by atoms with van der Waals surface area (Å²) >= 11 is 0. The van der Waals surface area contributed by atoms with Crippen molar-refractivity contribution in [3.8, 4) is 6.07 Å². The van der Waals surface area contributed by atoms with Gasteiger partial charge in [-0.1, -0.05) is 6.07 Å². The van der Waals surface area contributed by atoms with Crippen LogP contribution in [-0.2, 0) is 11.7 Å². The van der Waals surface area contributed by atoms with Gasteiger partial charge in [0.25, 0.3) is 0 Å². The maximum Gasteiger partial charge on any atom is 0.141 e. The van der Waals surface area contributed by atoms with Crippen molar-refractivity contribution >= 4 is 0 Å². The van der Waals surface area contributed by atoms with Gasteiger partial charge in [0.15, 0.2) is 0 Å². The molecule has 0 saturated heterocycles. The molecule has 0 fully saturated rings. The Morgan fingerprint density at radius 1 is 1.55 bits per heavy atom. The molecule has 0 N–H and O–H groups in total. The number of benzene rings is 1. The van der Waals surface area contributed by atoms with Crippen LogP contribution in [0.1, 0.15) is 11.1 Å². The summed E-state index contributed by atoms with van der Waals surface area (Å²) in [7, 11) is 0. The predicted octanol–water partition coefficient (Wildman–Crippen LogP) is 1.63. The number of rotatable bonds is 1. The van der Waals surface area contributed by atoms with Gasteiger partial charge in [-0.15, -0.1) is 0 Å². The highest BCUT2D eigenvalue weighted by molar-refractivity contribution is 5.33. The predicted molar refractivity (Wildman–Crippen MR) is 35.5 cm³/mol. The highest BCUT2D eigenvalue weighted by atomic mass is 19.1. The van der Waals surface area contributed by atoms with Crippen LogP contribution < -0.4 is 0 Å². The van der Waals surface area contributed by atoms with Crippen molar-refractivity contribution < 1.29 is 9.50 Å². The van der Waals surface area contributed by atoms with Crippen LogP contribution in [0.5, 0.6) is 0 Å². The van der Waals surface area contributed by atoms with Crippen LogP contribution in [-0.4, -0.2) is 0 Å². The molecule has 0 saturated carbocycles. The Labute approximate surface area is 63.5 Å². The third kappa shape index (κ3) is 1.54. The number of hydrogen-bond acceptors (Lipinski definition) is 1. The standard InChI is InChI=1S/C8H5FNO/c9-8-3-6(5-11)1-2-7(8)4-10/h1-3H,5H2. The minimum absolute atomic E-state index is 0.0257. The average Bonchev–Trinajstić information content (AvgIpc) is 2.04. The zero-order valence-corrected chi connectivity index (χ0v) is 5.67. The summed E-state index contributed by atoms with van der Waals surface area (Å²) in [4.78, 5) is 0. The van der Waals surface area contributed by atoms with Crippen molar-refractivity contribution in [1.82, 2.24) is 0 Å². The van der Waals surface area contributed by atoms with Gasteiger partial charge in [-0.25, -0.2) is 9.50 Å². The molecule has 1 aromatic rings. The van der Waals surface area contributed by atoms with Gasteiger partial charge >= 0.3 is 0 Å². The number of hydrogen-bond donors (Lipinski definition) is 0. The molecule has 0 aliphatic carbocycles. The molecule has 0 aromatic heterocycles. The fourth-order valence-electron chi connectivity index (χ4n) is 0.739. The molecule has 0 aliphatic rings. The Bertz CT molecular complexity index is 303. The lowest BCUT2D eigenvalue weighted by molar-refractivity contribution is 0.177. The van der Waals surface area contributed by atoms with E-state index in [1.165, 1.54) is 12.1 Å². The summed E-state index contributed by atoms with van der Waals surface area (Å²) in [5, 5.41) is 18.5. The van der Waals surface area contributed by atoms with E-state index < -0.39 is 12.4 Å². The molecule has 3 heteroatoms. The highest BCUT2D eigenvalue weighted by Gasteiger charge is 2.00. The first kappa shape index (κ1) is 7.70. The van der Waals surface area contributed by atoms with Gasteiger partial charge in [0.2, 0.25) is 0 Å². The number of nitrogens with zero attached hydrogens (tertiary/aromatic N) is 1. The van der Waals surface area contributed by atoms with E-state index in [1.54, 1.807) is 6.07 Å². The molecule has 11 heavy (non-hydrogen) atoms. The monoisotopic (exact) mass is 150 g/mol. The molecule has 1 aromatic carbocycles. The van der Waals surface area contributed by atoms with E-state index in [2.05, 4.69) is 0 Å².